The van der Waals surface area contributed by atoms with Crippen molar-refractivity contribution in [1.82, 2.24) is 0 Å². The SMILES string of the molecule is CC(=CC(F)(F)C(F)(F)F)C(=O)[O-]. The maximum absolute atomic E-state index is 12.0. The minimum atomic E-state index is -5.79. The van der Waals surface area contributed by atoms with Gasteiger partial charge in [-0.2, -0.15) is 22.0 Å². The molecular formula is C6H4F5O2-. The van der Waals surface area contributed by atoms with Crippen LogP contribution in [0.15, 0.2) is 11.6 Å². The highest BCUT2D eigenvalue weighted by atomic mass is 19.4. The quantitative estimate of drug-likeness (QED) is 0.493. The molecule has 0 fully saturated rings. The highest BCUT2D eigenvalue weighted by molar-refractivity contribution is 5.84. The normalized spacial score (nSPS) is 14.5. The van der Waals surface area contributed by atoms with E-state index in [0.29, 0.717) is 6.92 Å². The summed E-state index contributed by atoms with van der Waals surface area (Å²) in [5.41, 5.74) is -1.16. The molecule has 0 rings (SSSR count). The first kappa shape index (κ1) is 11.9. The van der Waals surface area contributed by atoms with Gasteiger partial charge in [0, 0.05) is 0 Å². The molecule has 0 amide bonds. The van der Waals surface area contributed by atoms with E-state index in [9.17, 15) is 31.9 Å². The largest absolute Gasteiger partial charge is 0.545 e. The fraction of sp³-hybridized carbons (Fsp3) is 0.500. The second-order valence-electron chi connectivity index (χ2n) is 2.24. The molecule has 2 nitrogen and oxygen atoms in total. The van der Waals surface area contributed by atoms with Gasteiger partial charge in [-0.3, -0.25) is 0 Å². The van der Waals surface area contributed by atoms with E-state index in [1.807, 2.05) is 0 Å². The topological polar surface area (TPSA) is 40.1 Å². The first-order valence-electron chi connectivity index (χ1n) is 2.93. The van der Waals surface area contributed by atoms with E-state index in [1.165, 1.54) is 0 Å². The van der Waals surface area contributed by atoms with Gasteiger partial charge in [0.15, 0.2) is 0 Å². The van der Waals surface area contributed by atoms with Gasteiger partial charge in [-0.25, -0.2) is 0 Å². The summed E-state index contributed by atoms with van der Waals surface area (Å²) in [4.78, 5) is 9.82. The third-order valence-electron chi connectivity index (χ3n) is 1.10. The van der Waals surface area contributed by atoms with Crippen molar-refractivity contribution in [2.45, 2.75) is 19.0 Å². The number of carbonyl (C=O) groups is 1. The van der Waals surface area contributed by atoms with Crippen molar-refractivity contribution in [2.24, 2.45) is 0 Å². The van der Waals surface area contributed by atoms with Crippen LogP contribution in [0.1, 0.15) is 6.92 Å². The highest BCUT2D eigenvalue weighted by Gasteiger charge is 2.55. The van der Waals surface area contributed by atoms with Gasteiger partial charge in [-0.05, 0) is 18.6 Å². The van der Waals surface area contributed by atoms with E-state index < -0.39 is 29.7 Å². The number of aliphatic carboxylic acids is 1. The Labute approximate surface area is 69.7 Å². The third kappa shape index (κ3) is 3.00. The Morgan fingerprint density at radius 1 is 1.23 bits per heavy atom. The molecule has 0 unspecified atom stereocenters. The summed E-state index contributed by atoms with van der Waals surface area (Å²) in [7, 11) is 0. The van der Waals surface area contributed by atoms with Gasteiger partial charge >= 0.3 is 12.1 Å². The van der Waals surface area contributed by atoms with E-state index in [0.717, 1.165) is 0 Å². The predicted molar refractivity (Wildman–Crippen MR) is 29.8 cm³/mol. The van der Waals surface area contributed by atoms with Gasteiger partial charge in [-0.1, -0.05) is 0 Å². The first-order chi connectivity index (χ1) is 5.58. The van der Waals surface area contributed by atoms with Gasteiger partial charge in [0.05, 0.1) is 5.97 Å². The molecule has 0 saturated carbocycles. The lowest BCUT2D eigenvalue weighted by atomic mass is 10.2. The Balaban J connectivity index is 4.89. The highest BCUT2D eigenvalue weighted by Crippen LogP contribution is 2.36. The van der Waals surface area contributed by atoms with Crippen LogP contribution in [0.5, 0.6) is 0 Å². The third-order valence-corrected chi connectivity index (χ3v) is 1.10. The summed E-state index contributed by atoms with van der Waals surface area (Å²) in [5.74, 6) is -7.21. The fourth-order valence-electron chi connectivity index (χ4n) is 0.413. The van der Waals surface area contributed by atoms with Crippen LogP contribution in [0.25, 0.3) is 0 Å². The Kier molecular flexibility index (Phi) is 3.02. The minimum Gasteiger partial charge on any atom is -0.545 e. The average molecular weight is 203 g/mol. The Morgan fingerprint density at radius 2 is 1.62 bits per heavy atom. The lowest BCUT2D eigenvalue weighted by Gasteiger charge is -2.16. The molecule has 0 aromatic rings. The van der Waals surface area contributed by atoms with Gasteiger partial charge in [0.2, 0.25) is 0 Å². The zero-order valence-corrected chi connectivity index (χ0v) is 6.28. The molecule has 0 aromatic heterocycles. The number of alkyl halides is 5. The maximum atomic E-state index is 12.0. The van der Waals surface area contributed by atoms with Crippen molar-refractivity contribution in [2.75, 3.05) is 0 Å². The van der Waals surface area contributed by atoms with E-state index in [4.69, 9.17) is 0 Å². The molecule has 7 heteroatoms. The molecule has 0 N–H and O–H groups in total. The van der Waals surface area contributed by atoms with Crippen LogP contribution >= 0.6 is 0 Å². The molecule has 13 heavy (non-hydrogen) atoms. The smallest absolute Gasteiger partial charge is 0.457 e. The molecule has 0 aliphatic carbocycles. The van der Waals surface area contributed by atoms with E-state index >= 15 is 0 Å². The lowest BCUT2D eigenvalue weighted by molar-refractivity contribution is -0.299. The minimum absolute atomic E-state index is 0.592. The zero-order chi connectivity index (χ0) is 10.9. The summed E-state index contributed by atoms with van der Waals surface area (Å²) < 4.78 is 58.4. The zero-order valence-electron chi connectivity index (χ0n) is 6.28. The number of hydrogen-bond acceptors (Lipinski definition) is 2. The van der Waals surface area contributed by atoms with Crippen molar-refractivity contribution < 1.29 is 31.9 Å². The number of carboxylic acids is 1. The molecule has 0 spiro atoms. The number of carboxylic acid groups (broad SMARTS) is 1. The second-order valence-corrected chi connectivity index (χ2v) is 2.24. The van der Waals surface area contributed by atoms with Gasteiger partial charge < -0.3 is 9.90 Å². The second kappa shape index (κ2) is 3.31. The Hall–Kier alpha value is -1.14. The van der Waals surface area contributed by atoms with Crippen molar-refractivity contribution >= 4 is 5.97 Å². The van der Waals surface area contributed by atoms with E-state index in [2.05, 4.69) is 0 Å². The molecule has 0 bridgehead atoms. The van der Waals surface area contributed by atoms with Crippen molar-refractivity contribution in [3.8, 4) is 0 Å². The number of hydrogen-bond donors (Lipinski definition) is 0. The summed E-state index contributed by atoms with van der Waals surface area (Å²) in [6.45, 7) is 0.592. The molecule has 0 aliphatic heterocycles. The number of allylic oxidation sites excluding steroid dienone is 1. The molecule has 0 saturated heterocycles. The molecule has 0 heterocycles. The van der Waals surface area contributed by atoms with Crippen molar-refractivity contribution in [3.63, 3.8) is 0 Å². The molecule has 0 aromatic carbocycles. The van der Waals surface area contributed by atoms with Gasteiger partial charge in [-0.15, -0.1) is 0 Å². The van der Waals surface area contributed by atoms with Crippen molar-refractivity contribution in [3.05, 3.63) is 11.6 Å². The van der Waals surface area contributed by atoms with Crippen molar-refractivity contribution in [1.29, 1.82) is 0 Å². The van der Waals surface area contributed by atoms with Crippen LogP contribution in [0.4, 0.5) is 22.0 Å². The molecule has 0 atom stereocenters. The van der Waals surface area contributed by atoms with Gasteiger partial charge in [0.25, 0.3) is 0 Å². The number of halogens is 5. The van der Waals surface area contributed by atoms with Crippen LogP contribution in [0.3, 0.4) is 0 Å². The van der Waals surface area contributed by atoms with Crippen LogP contribution in [-0.2, 0) is 4.79 Å². The number of carbonyl (C=O) groups excluding carboxylic acids is 1. The average Bonchev–Trinajstić information content (AvgIpc) is 1.83. The summed E-state index contributed by atoms with van der Waals surface area (Å²) in [6.07, 6.45) is -6.48. The van der Waals surface area contributed by atoms with Crippen LogP contribution < -0.4 is 5.11 Å². The maximum Gasteiger partial charge on any atom is 0.457 e. The Morgan fingerprint density at radius 3 is 1.85 bits per heavy atom. The van der Waals surface area contributed by atoms with Crippen LogP contribution in [0, 0.1) is 0 Å². The monoisotopic (exact) mass is 203 g/mol. The fourth-order valence-corrected chi connectivity index (χ4v) is 0.413. The standard InChI is InChI=1S/C6H5F5O2/c1-3(4(12)13)2-5(7,8)6(9,10)11/h2H,1H3,(H,12,13)/p-1. The summed E-state index contributed by atoms with van der Waals surface area (Å²) in [5, 5.41) is 9.82. The number of rotatable bonds is 2. The predicted octanol–water partition coefficient (Wildman–Crippen LogP) is 0.880. The van der Waals surface area contributed by atoms with E-state index in [-0.39, 0.29) is 0 Å². The Bertz CT molecular complexity index is 240. The molecule has 0 radical (unpaired) electrons. The summed E-state index contributed by atoms with van der Waals surface area (Å²) in [6, 6.07) is 0. The molecular weight excluding hydrogens is 199 g/mol. The van der Waals surface area contributed by atoms with Crippen LogP contribution in [0.2, 0.25) is 0 Å². The van der Waals surface area contributed by atoms with Gasteiger partial charge in [0.1, 0.15) is 0 Å². The lowest BCUT2D eigenvalue weighted by Crippen LogP contribution is -2.36. The molecule has 76 valence electrons. The van der Waals surface area contributed by atoms with Crippen LogP contribution in [-0.4, -0.2) is 18.1 Å². The first-order valence-corrected chi connectivity index (χ1v) is 2.93. The summed E-state index contributed by atoms with van der Waals surface area (Å²) >= 11 is 0. The molecule has 0 aliphatic rings. The van der Waals surface area contributed by atoms with E-state index in [1.54, 1.807) is 0 Å².